The number of nitrogen functional groups attached to an aromatic ring is 1. The fraction of sp³-hybridized carbons (Fsp3) is 0.400. The molecule has 1 atom stereocenters. The number of pyridine rings is 1. The highest BCUT2D eigenvalue weighted by Gasteiger charge is 2.36. The largest absolute Gasteiger partial charge is 0.489 e. The number of ether oxygens (including phenoxy) is 2. The molecule has 4 N–H and O–H groups in total. The van der Waals surface area contributed by atoms with Crippen LogP contribution in [0.25, 0.3) is 11.1 Å². The first-order valence-electron chi connectivity index (χ1n) is 8.94. The van der Waals surface area contributed by atoms with Crippen LogP contribution in [0.5, 0.6) is 5.75 Å². The lowest BCUT2D eigenvalue weighted by atomic mass is 9.95. The molecule has 158 valence electrons. The summed E-state index contributed by atoms with van der Waals surface area (Å²) in [5.74, 6) is -0.0691. The second kappa shape index (κ2) is 8.59. The number of primary amides is 1. The fourth-order valence-corrected chi connectivity index (χ4v) is 3.15. The lowest BCUT2D eigenvalue weighted by molar-refractivity contribution is -0.139. The van der Waals surface area contributed by atoms with Crippen molar-refractivity contribution >= 4 is 11.9 Å². The number of nitrogens with two attached hydrogens (primary N) is 2. The van der Waals surface area contributed by atoms with E-state index in [1.165, 1.54) is 24.4 Å². The maximum atomic E-state index is 13.6. The van der Waals surface area contributed by atoms with E-state index in [0.29, 0.717) is 17.5 Å². The third kappa shape index (κ3) is 6.27. The number of carbonyl (C=O) groups is 1. The molecule has 0 radical (unpaired) electrons. The van der Waals surface area contributed by atoms with Gasteiger partial charge in [-0.3, -0.25) is 0 Å². The van der Waals surface area contributed by atoms with Crippen molar-refractivity contribution in [2.24, 2.45) is 11.7 Å². The van der Waals surface area contributed by atoms with Gasteiger partial charge in [-0.1, -0.05) is 19.9 Å². The Morgan fingerprint density at radius 3 is 2.38 bits per heavy atom. The van der Waals surface area contributed by atoms with Gasteiger partial charge in [-0.15, -0.1) is 0 Å². The Kier molecular flexibility index (Phi) is 6.61. The number of halogens is 3. The number of rotatable bonds is 7. The summed E-state index contributed by atoms with van der Waals surface area (Å²) in [6.07, 6.45) is -3.88. The van der Waals surface area contributed by atoms with Crippen molar-refractivity contribution in [3.05, 3.63) is 42.1 Å². The quantitative estimate of drug-likeness (QED) is 0.692. The maximum Gasteiger partial charge on any atom is 0.419 e. The van der Waals surface area contributed by atoms with Crippen LogP contribution in [0, 0.1) is 5.92 Å². The molecule has 0 unspecified atom stereocenters. The first-order chi connectivity index (χ1) is 13.4. The molecule has 0 spiro atoms. The van der Waals surface area contributed by atoms with Crippen LogP contribution in [0.15, 0.2) is 36.5 Å². The van der Waals surface area contributed by atoms with Crippen LogP contribution < -0.4 is 16.2 Å². The van der Waals surface area contributed by atoms with Crippen LogP contribution >= 0.6 is 0 Å². The smallest absolute Gasteiger partial charge is 0.419 e. The summed E-state index contributed by atoms with van der Waals surface area (Å²) >= 11 is 0. The highest BCUT2D eigenvalue weighted by molar-refractivity contribution is 5.68. The van der Waals surface area contributed by atoms with Crippen molar-refractivity contribution in [1.29, 1.82) is 0 Å². The molecule has 29 heavy (non-hydrogen) atoms. The Balaban J connectivity index is 2.35. The van der Waals surface area contributed by atoms with E-state index in [-0.39, 0.29) is 24.1 Å². The molecule has 1 aromatic heterocycles. The van der Waals surface area contributed by atoms with Crippen LogP contribution in [-0.4, -0.2) is 23.3 Å². The number of amides is 1. The van der Waals surface area contributed by atoms with Gasteiger partial charge in [0, 0.05) is 6.20 Å². The molecule has 0 bridgehead atoms. The summed E-state index contributed by atoms with van der Waals surface area (Å²) in [6, 6.07) is 6.75. The minimum Gasteiger partial charge on any atom is -0.489 e. The van der Waals surface area contributed by atoms with Crippen molar-refractivity contribution in [2.75, 3.05) is 12.3 Å². The number of aromatic nitrogens is 1. The topological polar surface area (TPSA) is 100 Å². The molecular weight excluding hydrogens is 387 g/mol. The molecule has 0 fully saturated rings. The number of hydrogen-bond acceptors (Lipinski definition) is 5. The van der Waals surface area contributed by atoms with Crippen LogP contribution in [0.1, 0.15) is 32.8 Å². The highest BCUT2D eigenvalue weighted by Crippen LogP contribution is 2.39. The summed E-state index contributed by atoms with van der Waals surface area (Å²) < 4.78 is 51.5. The molecule has 1 aromatic carbocycles. The van der Waals surface area contributed by atoms with Gasteiger partial charge in [-0.05, 0) is 54.7 Å². The third-order valence-electron chi connectivity index (χ3n) is 4.12. The Labute approximate surface area is 167 Å². The van der Waals surface area contributed by atoms with E-state index in [0.717, 1.165) is 6.07 Å². The molecule has 2 rings (SSSR count). The van der Waals surface area contributed by atoms with E-state index in [9.17, 15) is 18.0 Å². The summed E-state index contributed by atoms with van der Waals surface area (Å²) in [6.45, 7) is 5.07. The molecular formula is C20H24F3N3O3. The van der Waals surface area contributed by atoms with Gasteiger partial charge in [0.15, 0.2) is 0 Å². The standard InChI is InChI=1S/C20H24F3N3O3/c1-12(2)10-19(3,29-18(25)27)11-28-16-5-4-13(8-15(16)20(21,22)23)14-6-7-26-17(24)9-14/h4-9,12H,10-11H2,1-3H3,(H2,24,26)(H2,25,27)/t19-/m0/s1. The monoisotopic (exact) mass is 411 g/mol. The number of alkyl halides is 3. The molecule has 9 heteroatoms. The van der Waals surface area contributed by atoms with Crippen molar-refractivity contribution in [2.45, 2.75) is 39.0 Å². The Morgan fingerprint density at radius 1 is 1.17 bits per heavy atom. The summed E-state index contributed by atoms with van der Waals surface area (Å²) in [7, 11) is 0. The van der Waals surface area contributed by atoms with Crippen molar-refractivity contribution in [3.8, 4) is 16.9 Å². The zero-order valence-corrected chi connectivity index (χ0v) is 16.4. The lowest BCUT2D eigenvalue weighted by Crippen LogP contribution is -2.41. The SMILES string of the molecule is CC(C)C[C@@](C)(COc1ccc(-c2ccnc(N)c2)cc1C(F)(F)F)OC(N)=O. The second-order valence-corrected chi connectivity index (χ2v) is 7.44. The number of hydrogen-bond donors (Lipinski definition) is 2. The molecule has 0 aliphatic carbocycles. The van der Waals surface area contributed by atoms with Crippen LogP contribution in [0.4, 0.5) is 23.8 Å². The van der Waals surface area contributed by atoms with Gasteiger partial charge in [0.2, 0.25) is 0 Å². The summed E-state index contributed by atoms with van der Waals surface area (Å²) in [5.41, 5.74) is 9.42. The molecule has 0 aliphatic rings. The number of nitrogens with zero attached hydrogens (tertiary/aromatic N) is 1. The number of benzene rings is 1. The van der Waals surface area contributed by atoms with Crippen LogP contribution in [0.3, 0.4) is 0 Å². The molecule has 6 nitrogen and oxygen atoms in total. The number of carbonyl (C=O) groups excluding carboxylic acids is 1. The highest BCUT2D eigenvalue weighted by atomic mass is 19.4. The van der Waals surface area contributed by atoms with Gasteiger partial charge >= 0.3 is 12.3 Å². The fourth-order valence-electron chi connectivity index (χ4n) is 3.15. The van der Waals surface area contributed by atoms with Crippen molar-refractivity contribution in [1.82, 2.24) is 4.98 Å². The van der Waals surface area contributed by atoms with Crippen LogP contribution in [-0.2, 0) is 10.9 Å². The second-order valence-electron chi connectivity index (χ2n) is 7.44. The Morgan fingerprint density at radius 2 is 1.83 bits per heavy atom. The minimum absolute atomic E-state index is 0.101. The van der Waals surface area contributed by atoms with Gasteiger partial charge in [-0.25, -0.2) is 9.78 Å². The average molecular weight is 411 g/mol. The van der Waals surface area contributed by atoms with Gasteiger partial charge in [-0.2, -0.15) is 13.2 Å². The molecule has 0 saturated heterocycles. The lowest BCUT2D eigenvalue weighted by Gasteiger charge is -2.30. The van der Waals surface area contributed by atoms with Crippen molar-refractivity contribution < 1.29 is 27.4 Å². The van der Waals surface area contributed by atoms with Gasteiger partial charge in [0.05, 0.1) is 5.56 Å². The van der Waals surface area contributed by atoms with Crippen LogP contribution in [0.2, 0.25) is 0 Å². The zero-order chi connectivity index (χ0) is 21.8. The molecule has 0 aliphatic heterocycles. The van der Waals surface area contributed by atoms with E-state index in [4.69, 9.17) is 20.9 Å². The Hall–Kier alpha value is -2.97. The van der Waals surface area contributed by atoms with Gasteiger partial charge in [0.25, 0.3) is 0 Å². The Bertz CT molecular complexity index is 872. The minimum atomic E-state index is -4.65. The average Bonchev–Trinajstić information content (AvgIpc) is 2.57. The van der Waals surface area contributed by atoms with Gasteiger partial charge in [0.1, 0.15) is 23.8 Å². The first kappa shape index (κ1) is 22.3. The molecule has 1 heterocycles. The third-order valence-corrected chi connectivity index (χ3v) is 4.12. The molecule has 1 amide bonds. The predicted molar refractivity (Wildman–Crippen MR) is 103 cm³/mol. The number of anilines is 1. The zero-order valence-electron chi connectivity index (χ0n) is 16.4. The first-order valence-corrected chi connectivity index (χ1v) is 8.94. The van der Waals surface area contributed by atoms with E-state index in [2.05, 4.69) is 4.98 Å². The van der Waals surface area contributed by atoms with E-state index >= 15 is 0 Å². The van der Waals surface area contributed by atoms with E-state index < -0.39 is 23.4 Å². The van der Waals surface area contributed by atoms with E-state index in [1.807, 2.05) is 13.8 Å². The summed E-state index contributed by atoms with van der Waals surface area (Å²) in [4.78, 5) is 15.0. The van der Waals surface area contributed by atoms with Crippen molar-refractivity contribution in [3.63, 3.8) is 0 Å². The molecule has 2 aromatic rings. The van der Waals surface area contributed by atoms with E-state index in [1.54, 1.807) is 13.0 Å². The normalized spacial score (nSPS) is 13.8. The van der Waals surface area contributed by atoms with Gasteiger partial charge < -0.3 is 20.9 Å². The predicted octanol–water partition coefficient (Wildman–Crippen LogP) is 4.63. The maximum absolute atomic E-state index is 13.6. The molecule has 0 saturated carbocycles. The summed E-state index contributed by atoms with van der Waals surface area (Å²) in [5, 5.41) is 0.